The third kappa shape index (κ3) is 4.64. The molecule has 4 rings (SSSR count). The number of para-hydroxylation sites is 1. The smallest absolute Gasteiger partial charge is 0.338 e. The maximum absolute atomic E-state index is 13.0. The zero-order valence-corrected chi connectivity index (χ0v) is 17.0. The zero-order valence-electron chi connectivity index (χ0n) is 17.0. The fraction of sp³-hybridized carbons (Fsp3) is 0.333. The van der Waals surface area contributed by atoms with Crippen molar-refractivity contribution in [3.8, 4) is 11.5 Å². The van der Waals surface area contributed by atoms with E-state index in [0.717, 1.165) is 31.2 Å². The highest BCUT2D eigenvalue weighted by Gasteiger charge is 2.33. The van der Waals surface area contributed by atoms with Crippen LogP contribution in [0.1, 0.15) is 50.6 Å². The Hall–Kier alpha value is -3.28. The molecule has 2 aromatic carbocycles. The van der Waals surface area contributed by atoms with Gasteiger partial charge in [0.1, 0.15) is 17.6 Å². The third-order valence-electron chi connectivity index (χ3n) is 5.49. The van der Waals surface area contributed by atoms with Gasteiger partial charge >= 0.3 is 12.0 Å². The lowest BCUT2D eigenvalue weighted by Crippen LogP contribution is -2.45. The first-order valence-corrected chi connectivity index (χ1v) is 10.4. The molecule has 1 saturated carbocycles. The Morgan fingerprint density at radius 2 is 1.70 bits per heavy atom. The van der Waals surface area contributed by atoms with Crippen LogP contribution in [0.2, 0.25) is 0 Å². The summed E-state index contributed by atoms with van der Waals surface area (Å²) in [4.78, 5) is 25.2. The van der Waals surface area contributed by atoms with Crippen molar-refractivity contribution in [3.05, 3.63) is 71.4 Å². The minimum absolute atomic E-state index is 0.0578. The second kappa shape index (κ2) is 9.03. The lowest BCUT2D eigenvalue weighted by Gasteiger charge is -2.30. The van der Waals surface area contributed by atoms with E-state index in [1.165, 1.54) is 6.42 Å². The van der Waals surface area contributed by atoms with E-state index >= 15 is 0 Å². The van der Waals surface area contributed by atoms with Gasteiger partial charge in [0.2, 0.25) is 0 Å². The van der Waals surface area contributed by atoms with E-state index in [4.69, 9.17) is 9.47 Å². The van der Waals surface area contributed by atoms with Crippen LogP contribution in [0.3, 0.4) is 0 Å². The molecule has 1 fully saturated rings. The van der Waals surface area contributed by atoms with Crippen molar-refractivity contribution in [2.24, 2.45) is 0 Å². The Morgan fingerprint density at radius 3 is 2.47 bits per heavy atom. The number of esters is 1. The summed E-state index contributed by atoms with van der Waals surface area (Å²) in [7, 11) is 0. The highest BCUT2D eigenvalue weighted by Crippen LogP contribution is 2.32. The minimum atomic E-state index is -0.603. The van der Waals surface area contributed by atoms with Crippen LogP contribution < -0.4 is 15.4 Å². The number of hydrogen-bond acceptors (Lipinski definition) is 4. The van der Waals surface area contributed by atoms with Gasteiger partial charge in [-0.2, -0.15) is 0 Å². The number of hydrogen-bond donors (Lipinski definition) is 2. The molecule has 0 aromatic heterocycles. The molecular weight excluding hydrogens is 380 g/mol. The zero-order chi connectivity index (χ0) is 20.9. The van der Waals surface area contributed by atoms with Gasteiger partial charge in [-0.25, -0.2) is 9.59 Å². The normalized spacial score (nSPS) is 19.6. The number of carbonyl (C=O) groups excluding carboxylic acids is 2. The summed E-state index contributed by atoms with van der Waals surface area (Å²) in [6.07, 6.45) is 5.06. The molecule has 6 nitrogen and oxygen atoms in total. The number of carbonyl (C=O) groups is 2. The minimum Gasteiger partial charge on any atom is -0.459 e. The van der Waals surface area contributed by atoms with Crippen molar-refractivity contribution in [1.29, 1.82) is 0 Å². The summed E-state index contributed by atoms with van der Waals surface area (Å²) in [5, 5.41) is 5.56. The van der Waals surface area contributed by atoms with Crippen LogP contribution in [0.15, 0.2) is 65.9 Å². The second-order valence-corrected chi connectivity index (χ2v) is 7.72. The molecule has 0 radical (unpaired) electrons. The number of rotatable bonds is 5. The first kappa shape index (κ1) is 20.0. The van der Waals surface area contributed by atoms with E-state index in [9.17, 15) is 9.59 Å². The average Bonchev–Trinajstić information content (AvgIpc) is 2.75. The van der Waals surface area contributed by atoms with Crippen molar-refractivity contribution >= 4 is 12.0 Å². The summed E-state index contributed by atoms with van der Waals surface area (Å²) >= 11 is 0. The van der Waals surface area contributed by atoms with Gasteiger partial charge < -0.3 is 20.1 Å². The number of amides is 2. The molecular formula is C24H26N2O4. The molecule has 1 aliphatic carbocycles. The molecule has 6 heteroatoms. The Kier molecular flexibility index (Phi) is 6.02. The summed E-state index contributed by atoms with van der Waals surface area (Å²) in [6.45, 7) is 1.73. The average molecular weight is 406 g/mol. The second-order valence-electron chi connectivity index (χ2n) is 7.72. The van der Waals surface area contributed by atoms with Gasteiger partial charge in [-0.05, 0) is 62.4 Å². The number of ether oxygens (including phenoxy) is 2. The maximum Gasteiger partial charge on any atom is 0.338 e. The van der Waals surface area contributed by atoms with Gasteiger partial charge in [0.15, 0.2) is 0 Å². The molecule has 1 atom stereocenters. The number of urea groups is 1. The fourth-order valence-corrected chi connectivity index (χ4v) is 3.99. The summed E-state index contributed by atoms with van der Waals surface area (Å²) in [5.74, 6) is 0.961. The van der Waals surface area contributed by atoms with Crippen LogP contribution in [-0.4, -0.2) is 18.1 Å². The topological polar surface area (TPSA) is 76.7 Å². The summed E-state index contributed by atoms with van der Waals surface area (Å²) < 4.78 is 11.7. The number of allylic oxidation sites excluding steroid dienone is 1. The van der Waals surface area contributed by atoms with Crippen LogP contribution in [0.5, 0.6) is 11.5 Å². The van der Waals surface area contributed by atoms with Gasteiger partial charge in [0, 0.05) is 5.70 Å². The molecule has 2 aliphatic rings. The van der Waals surface area contributed by atoms with E-state index in [1.54, 1.807) is 6.92 Å². The Bertz CT molecular complexity index is 949. The highest BCUT2D eigenvalue weighted by atomic mass is 16.5. The van der Waals surface area contributed by atoms with Crippen LogP contribution in [0, 0.1) is 0 Å². The van der Waals surface area contributed by atoms with Gasteiger partial charge in [0.25, 0.3) is 0 Å². The van der Waals surface area contributed by atoms with E-state index in [2.05, 4.69) is 10.6 Å². The predicted octanol–water partition coefficient (Wildman–Crippen LogP) is 4.98. The van der Waals surface area contributed by atoms with E-state index in [-0.39, 0.29) is 18.1 Å². The van der Waals surface area contributed by atoms with Crippen LogP contribution >= 0.6 is 0 Å². The molecule has 0 bridgehead atoms. The molecule has 1 aliphatic heterocycles. The van der Waals surface area contributed by atoms with Crippen molar-refractivity contribution < 1.29 is 19.1 Å². The van der Waals surface area contributed by atoms with Crippen molar-refractivity contribution in [2.75, 3.05) is 0 Å². The first-order chi connectivity index (χ1) is 14.6. The summed E-state index contributed by atoms with van der Waals surface area (Å²) in [6, 6.07) is 15.9. The number of nitrogens with one attached hydrogen (secondary N) is 2. The Balaban J connectivity index is 1.59. The Labute approximate surface area is 176 Å². The van der Waals surface area contributed by atoms with E-state index in [0.29, 0.717) is 22.8 Å². The molecule has 30 heavy (non-hydrogen) atoms. The standard InChI is InChI=1S/C24H26N2O4/c1-16-21(23(27)30-19-12-6-3-7-13-19)22(26-24(28)25-16)17-9-8-14-20(15-17)29-18-10-4-2-5-11-18/h2,4-5,8-11,14-15,19,22H,3,6-7,12-13H2,1H3,(H2,25,26,28). The van der Waals surface area contributed by atoms with Gasteiger partial charge in [-0.15, -0.1) is 0 Å². The maximum atomic E-state index is 13.0. The summed E-state index contributed by atoms with van der Waals surface area (Å²) in [5.41, 5.74) is 1.70. The molecule has 2 aromatic rings. The lowest BCUT2D eigenvalue weighted by molar-refractivity contribution is -0.146. The van der Waals surface area contributed by atoms with Crippen molar-refractivity contribution in [2.45, 2.75) is 51.2 Å². The predicted molar refractivity (Wildman–Crippen MR) is 113 cm³/mol. The van der Waals surface area contributed by atoms with Crippen LogP contribution in [-0.2, 0) is 9.53 Å². The molecule has 156 valence electrons. The number of benzene rings is 2. The largest absolute Gasteiger partial charge is 0.459 e. The lowest BCUT2D eigenvalue weighted by atomic mass is 9.94. The monoisotopic (exact) mass is 406 g/mol. The van der Waals surface area contributed by atoms with E-state index in [1.807, 2.05) is 54.6 Å². The van der Waals surface area contributed by atoms with Crippen molar-refractivity contribution in [3.63, 3.8) is 0 Å². The molecule has 2 N–H and O–H groups in total. The SMILES string of the molecule is CC1=C(C(=O)OC2CCCCC2)C(c2cccc(Oc3ccccc3)c2)NC(=O)N1. The molecule has 1 heterocycles. The van der Waals surface area contributed by atoms with E-state index < -0.39 is 6.04 Å². The van der Waals surface area contributed by atoms with Crippen LogP contribution in [0.25, 0.3) is 0 Å². The van der Waals surface area contributed by atoms with Gasteiger partial charge in [-0.3, -0.25) is 0 Å². The molecule has 1 unspecified atom stereocenters. The molecule has 0 spiro atoms. The van der Waals surface area contributed by atoms with Gasteiger partial charge in [-0.1, -0.05) is 36.8 Å². The first-order valence-electron chi connectivity index (χ1n) is 10.4. The quantitative estimate of drug-likeness (QED) is 0.687. The fourth-order valence-electron chi connectivity index (χ4n) is 3.99. The molecule has 2 amide bonds. The highest BCUT2D eigenvalue weighted by molar-refractivity contribution is 5.95. The molecule has 0 saturated heterocycles. The Morgan fingerprint density at radius 1 is 0.967 bits per heavy atom. The van der Waals surface area contributed by atoms with Crippen LogP contribution in [0.4, 0.5) is 4.79 Å². The van der Waals surface area contributed by atoms with Crippen molar-refractivity contribution in [1.82, 2.24) is 10.6 Å². The van der Waals surface area contributed by atoms with Gasteiger partial charge in [0.05, 0.1) is 11.6 Å². The third-order valence-corrected chi connectivity index (χ3v) is 5.49.